The summed E-state index contributed by atoms with van der Waals surface area (Å²) in [4.78, 5) is 0. The minimum Gasteiger partial charge on any atom is -0.388 e. The number of anilines is 1. The van der Waals surface area contributed by atoms with Crippen molar-refractivity contribution in [1.29, 1.82) is 0 Å². The van der Waals surface area contributed by atoms with Crippen molar-refractivity contribution in [3.8, 4) is 0 Å². The van der Waals surface area contributed by atoms with Gasteiger partial charge < -0.3 is 19.9 Å². The Morgan fingerprint density at radius 1 is 1.50 bits per heavy atom. The van der Waals surface area contributed by atoms with Crippen molar-refractivity contribution in [2.24, 2.45) is 0 Å². The molecule has 4 heteroatoms. The SMILES string of the molecule is COCc1cccc(NC2COCC2O)c1. The van der Waals surface area contributed by atoms with Crippen LogP contribution in [0.3, 0.4) is 0 Å². The molecule has 1 heterocycles. The fourth-order valence-electron chi connectivity index (χ4n) is 1.81. The lowest BCUT2D eigenvalue weighted by atomic mass is 10.1. The van der Waals surface area contributed by atoms with Crippen LogP contribution in [-0.2, 0) is 16.1 Å². The van der Waals surface area contributed by atoms with Gasteiger partial charge in [-0.25, -0.2) is 0 Å². The van der Waals surface area contributed by atoms with Gasteiger partial charge in [0.05, 0.1) is 32.0 Å². The highest BCUT2D eigenvalue weighted by Gasteiger charge is 2.25. The number of rotatable bonds is 4. The molecule has 0 radical (unpaired) electrons. The molecule has 0 bridgehead atoms. The third-order valence-corrected chi connectivity index (χ3v) is 2.64. The maximum Gasteiger partial charge on any atom is 0.0996 e. The third-order valence-electron chi connectivity index (χ3n) is 2.64. The van der Waals surface area contributed by atoms with Gasteiger partial charge in [-0.1, -0.05) is 12.1 Å². The molecule has 0 amide bonds. The number of ether oxygens (including phenoxy) is 2. The van der Waals surface area contributed by atoms with E-state index >= 15 is 0 Å². The highest BCUT2D eigenvalue weighted by Crippen LogP contribution is 2.16. The van der Waals surface area contributed by atoms with E-state index in [1.54, 1.807) is 7.11 Å². The van der Waals surface area contributed by atoms with E-state index in [9.17, 15) is 5.11 Å². The second-order valence-corrected chi connectivity index (χ2v) is 3.99. The van der Waals surface area contributed by atoms with Crippen LogP contribution in [0.5, 0.6) is 0 Å². The maximum atomic E-state index is 9.61. The molecule has 2 rings (SSSR count). The van der Waals surface area contributed by atoms with Gasteiger partial charge >= 0.3 is 0 Å². The van der Waals surface area contributed by atoms with Crippen LogP contribution in [0.2, 0.25) is 0 Å². The summed E-state index contributed by atoms with van der Waals surface area (Å²) in [6.07, 6.45) is -0.425. The van der Waals surface area contributed by atoms with Gasteiger partial charge in [-0.2, -0.15) is 0 Å². The lowest BCUT2D eigenvalue weighted by Crippen LogP contribution is -2.31. The first kappa shape index (κ1) is 11.4. The number of methoxy groups -OCH3 is 1. The first-order valence-corrected chi connectivity index (χ1v) is 5.40. The molecule has 1 aromatic rings. The van der Waals surface area contributed by atoms with Crippen molar-refractivity contribution in [3.05, 3.63) is 29.8 Å². The van der Waals surface area contributed by atoms with E-state index in [4.69, 9.17) is 9.47 Å². The second-order valence-electron chi connectivity index (χ2n) is 3.99. The van der Waals surface area contributed by atoms with Crippen LogP contribution in [-0.4, -0.2) is 37.6 Å². The average Bonchev–Trinajstić information content (AvgIpc) is 2.66. The molecular weight excluding hydrogens is 206 g/mol. The molecule has 2 N–H and O–H groups in total. The largest absolute Gasteiger partial charge is 0.388 e. The molecule has 16 heavy (non-hydrogen) atoms. The zero-order valence-electron chi connectivity index (χ0n) is 9.35. The van der Waals surface area contributed by atoms with Gasteiger partial charge in [-0.15, -0.1) is 0 Å². The molecule has 0 saturated carbocycles. The molecule has 0 aromatic heterocycles. The lowest BCUT2D eigenvalue weighted by molar-refractivity contribution is 0.125. The van der Waals surface area contributed by atoms with Crippen LogP contribution < -0.4 is 5.32 Å². The van der Waals surface area contributed by atoms with Gasteiger partial charge in [0.15, 0.2) is 0 Å². The number of hydrogen-bond donors (Lipinski definition) is 2. The fourth-order valence-corrected chi connectivity index (χ4v) is 1.81. The predicted octanol–water partition coefficient (Wildman–Crippen LogP) is 1.00. The summed E-state index contributed by atoms with van der Waals surface area (Å²) in [6, 6.07) is 7.96. The molecule has 1 fully saturated rings. The number of benzene rings is 1. The standard InChI is InChI=1S/C12H17NO3/c1-15-6-9-3-2-4-10(5-9)13-11-7-16-8-12(11)14/h2-5,11-14H,6-8H2,1H3. The molecule has 1 aromatic carbocycles. The van der Waals surface area contributed by atoms with E-state index in [1.807, 2.05) is 24.3 Å². The summed E-state index contributed by atoms with van der Waals surface area (Å²) in [6.45, 7) is 1.56. The Labute approximate surface area is 95.2 Å². The first-order chi connectivity index (χ1) is 7.79. The normalized spacial score (nSPS) is 24.6. The molecule has 1 saturated heterocycles. The van der Waals surface area contributed by atoms with Gasteiger partial charge in [-0.3, -0.25) is 0 Å². The number of aliphatic hydroxyl groups is 1. The van der Waals surface area contributed by atoms with Crippen LogP contribution in [0, 0.1) is 0 Å². The predicted molar refractivity (Wildman–Crippen MR) is 61.4 cm³/mol. The minimum atomic E-state index is -0.425. The Hall–Kier alpha value is -1.10. The minimum absolute atomic E-state index is 0.0159. The van der Waals surface area contributed by atoms with E-state index < -0.39 is 6.10 Å². The van der Waals surface area contributed by atoms with Gasteiger partial charge in [0.2, 0.25) is 0 Å². The van der Waals surface area contributed by atoms with Crippen molar-refractivity contribution in [3.63, 3.8) is 0 Å². The fraction of sp³-hybridized carbons (Fsp3) is 0.500. The molecule has 0 aliphatic carbocycles. The number of aliphatic hydroxyl groups excluding tert-OH is 1. The first-order valence-electron chi connectivity index (χ1n) is 5.40. The molecule has 88 valence electrons. The van der Waals surface area contributed by atoms with E-state index in [0.717, 1.165) is 11.3 Å². The molecular formula is C12H17NO3. The number of hydrogen-bond acceptors (Lipinski definition) is 4. The summed E-state index contributed by atoms with van der Waals surface area (Å²) >= 11 is 0. The maximum absolute atomic E-state index is 9.61. The Morgan fingerprint density at radius 3 is 3.06 bits per heavy atom. The quantitative estimate of drug-likeness (QED) is 0.799. The van der Waals surface area contributed by atoms with Gasteiger partial charge in [0.1, 0.15) is 0 Å². The Morgan fingerprint density at radius 2 is 2.38 bits per heavy atom. The summed E-state index contributed by atoms with van der Waals surface area (Å²) < 4.78 is 10.3. The van der Waals surface area contributed by atoms with Crippen molar-refractivity contribution in [1.82, 2.24) is 0 Å². The van der Waals surface area contributed by atoms with Crippen LogP contribution in [0.1, 0.15) is 5.56 Å². The van der Waals surface area contributed by atoms with E-state index in [1.165, 1.54) is 0 Å². The molecule has 2 unspecified atom stereocenters. The lowest BCUT2D eigenvalue weighted by Gasteiger charge is -2.16. The second kappa shape index (κ2) is 5.30. The van der Waals surface area contributed by atoms with Crippen LogP contribution in [0.15, 0.2) is 24.3 Å². The van der Waals surface area contributed by atoms with Gasteiger partial charge in [-0.05, 0) is 17.7 Å². The Bertz CT molecular complexity index is 343. The highest BCUT2D eigenvalue weighted by atomic mass is 16.5. The van der Waals surface area contributed by atoms with Gasteiger partial charge in [0.25, 0.3) is 0 Å². The van der Waals surface area contributed by atoms with Crippen molar-refractivity contribution in [2.75, 3.05) is 25.6 Å². The third kappa shape index (κ3) is 2.72. The van der Waals surface area contributed by atoms with Crippen molar-refractivity contribution < 1.29 is 14.6 Å². The molecule has 4 nitrogen and oxygen atoms in total. The number of nitrogens with one attached hydrogen (secondary N) is 1. The summed E-state index contributed by atoms with van der Waals surface area (Å²) in [5.74, 6) is 0. The average molecular weight is 223 g/mol. The molecule has 1 aliphatic heterocycles. The summed E-state index contributed by atoms with van der Waals surface area (Å²) in [7, 11) is 1.68. The monoisotopic (exact) mass is 223 g/mol. The highest BCUT2D eigenvalue weighted by molar-refractivity contribution is 5.46. The van der Waals surface area contributed by atoms with Crippen LogP contribution in [0.25, 0.3) is 0 Å². The molecule has 2 atom stereocenters. The summed E-state index contributed by atoms with van der Waals surface area (Å²) in [5, 5.41) is 12.9. The van der Waals surface area contributed by atoms with E-state index in [-0.39, 0.29) is 6.04 Å². The molecule has 0 spiro atoms. The summed E-state index contributed by atoms with van der Waals surface area (Å²) in [5.41, 5.74) is 2.10. The van der Waals surface area contributed by atoms with E-state index in [0.29, 0.717) is 19.8 Å². The molecule has 1 aliphatic rings. The van der Waals surface area contributed by atoms with Gasteiger partial charge in [0, 0.05) is 12.8 Å². The van der Waals surface area contributed by atoms with Crippen molar-refractivity contribution in [2.45, 2.75) is 18.8 Å². The zero-order chi connectivity index (χ0) is 11.4. The van der Waals surface area contributed by atoms with Crippen molar-refractivity contribution >= 4 is 5.69 Å². The van der Waals surface area contributed by atoms with Crippen LogP contribution >= 0.6 is 0 Å². The Balaban J connectivity index is 2.00. The van der Waals surface area contributed by atoms with E-state index in [2.05, 4.69) is 5.32 Å². The zero-order valence-corrected chi connectivity index (χ0v) is 9.35. The van der Waals surface area contributed by atoms with Crippen LogP contribution in [0.4, 0.5) is 5.69 Å². The smallest absolute Gasteiger partial charge is 0.0996 e. The Kier molecular flexibility index (Phi) is 3.77. The topological polar surface area (TPSA) is 50.7 Å².